The highest BCUT2D eigenvalue weighted by Crippen LogP contribution is 2.27. The van der Waals surface area contributed by atoms with Crippen molar-refractivity contribution in [2.24, 2.45) is 11.8 Å². The monoisotopic (exact) mass is 294 g/mol. The predicted octanol–water partition coefficient (Wildman–Crippen LogP) is 0.734. The van der Waals surface area contributed by atoms with Crippen LogP contribution in [0.4, 0.5) is 0 Å². The summed E-state index contributed by atoms with van der Waals surface area (Å²) in [6.07, 6.45) is 6.48. The van der Waals surface area contributed by atoms with Gasteiger partial charge in [-0.3, -0.25) is 14.4 Å². The largest absolute Gasteiger partial charge is 0.481 e. The van der Waals surface area contributed by atoms with Crippen LogP contribution >= 0.6 is 0 Å². The summed E-state index contributed by atoms with van der Waals surface area (Å²) in [5.74, 6) is -2.51. The number of carbonyl (C=O) groups excluding carboxylic acids is 2. The van der Waals surface area contributed by atoms with Crippen molar-refractivity contribution in [3.63, 3.8) is 0 Å². The molecule has 1 aliphatic carbocycles. The first kappa shape index (κ1) is 15.5. The molecule has 0 aromatic rings. The van der Waals surface area contributed by atoms with Gasteiger partial charge in [0.05, 0.1) is 18.4 Å². The number of hydrogen-bond acceptors (Lipinski definition) is 3. The average molecular weight is 294 g/mol. The Kier molecular flexibility index (Phi) is 4.98. The third-order valence-electron chi connectivity index (χ3n) is 4.27. The number of carboxylic acids is 1. The molecule has 6 heteroatoms. The van der Waals surface area contributed by atoms with Crippen LogP contribution in [-0.4, -0.2) is 59.4 Å². The molecule has 2 atom stereocenters. The fourth-order valence-corrected chi connectivity index (χ4v) is 2.99. The van der Waals surface area contributed by atoms with Crippen LogP contribution in [0.1, 0.15) is 25.7 Å². The molecule has 1 aliphatic heterocycles. The zero-order valence-corrected chi connectivity index (χ0v) is 12.3. The molecule has 1 fully saturated rings. The van der Waals surface area contributed by atoms with E-state index in [1.807, 2.05) is 6.08 Å². The van der Waals surface area contributed by atoms with Gasteiger partial charge in [-0.15, -0.1) is 0 Å². The quantitative estimate of drug-likeness (QED) is 0.776. The Morgan fingerprint density at radius 1 is 1.14 bits per heavy atom. The number of aliphatic carboxylic acids is 1. The van der Waals surface area contributed by atoms with Crippen molar-refractivity contribution in [2.45, 2.75) is 25.7 Å². The standard InChI is InChI=1S/C15H22N2O4/c1-16(10-13(18)17-8-4-5-9-17)14(19)11-6-2-3-7-12(11)15(20)21/h2-3,11-12H,4-10H2,1H3,(H,20,21)/t11-,12+/m1/s1. The Hall–Kier alpha value is -1.85. The SMILES string of the molecule is CN(CC(=O)N1CCCC1)C(=O)[C@@H]1CC=CC[C@@H]1C(=O)O. The molecule has 2 rings (SSSR count). The number of hydrogen-bond donors (Lipinski definition) is 1. The van der Waals surface area contributed by atoms with E-state index in [1.54, 1.807) is 18.0 Å². The second-order valence-electron chi connectivity index (χ2n) is 5.78. The van der Waals surface area contributed by atoms with E-state index < -0.39 is 17.8 Å². The summed E-state index contributed by atoms with van der Waals surface area (Å²) in [4.78, 5) is 38.9. The summed E-state index contributed by atoms with van der Waals surface area (Å²) >= 11 is 0. The Labute approximate surface area is 124 Å². The second kappa shape index (κ2) is 6.74. The van der Waals surface area contributed by atoms with Gasteiger partial charge in [-0.1, -0.05) is 12.2 Å². The van der Waals surface area contributed by atoms with Crippen molar-refractivity contribution in [3.8, 4) is 0 Å². The number of amides is 2. The number of rotatable bonds is 4. The van der Waals surface area contributed by atoms with Crippen molar-refractivity contribution < 1.29 is 19.5 Å². The molecule has 0 aromatic heterocycles. The Morgan fingerprint density at radius 3 is 2.29 bits per heavy atom. The number of carbonyl (C=O) groups is 3. The summed E-state index contributed by atoms with van der Waals surface area (Å²) in [5, 5.41) is 9.21. The molecule has 0 aromatic carbocycles. The van der Waals surface area contributed by atoms with E-state index in [9.17, 15) is 19.5 Å². The minimum absolute atomic E-state index is 0.0331. The van der Waals surface area contributed by atoms with E-state index in [2.05, 4.69) is 0 Å². The Bertz CT molecular complexity index is 455. The lowest BCUT2D eigenvalue weighted by molar-refractivity contribution is -0.151. The van der Waals surface area contributed by atoms with Crippen LogP contribution in [0.15, 0.2) is 12.2 Å². The molecular weight excluding hydrogens is 272 g/mol. The van der Waals surface area contributed by atoms with Crippen LogP contribution in [0.5, 0.6) is 0 Å². The van der Waals surface area contributed by atoms with Crippen LogP contribution < -0.4 is 0 Å². The normalized spacial score (nSPS) is 24.9. The molecule has 0 unspecified atom stereocenters. The molecule has 0 radical (unpaired) electrons. The summed E-state index contributed by atoms with van der Waals surface area (Å²) < 4.78 is 0. The molecule has 2 amide bonds. The van der Waals surface area contributed by atoms with Gasteiger partial charge < -0.3 is 14.9 Å². The lowest BCUT2D eigenvalue weighted by Crippen LogP contribution is -2.44. The second-order valence-corrected chi connectivity index (χ2v) is 5.78. The fraction of sp³-hybridized carbons (Fsp3) is 0.667. The van der Waals surface area contributed by atoms with Gasteiger partial charge in [-0.05, 0) is 25.7 Å². The van der Waals surface area contributed by atoms with Crippen LogP contribution in [0.3, 0.4) is 0 Å². The minimum Gasteiger partial charge on any atom is -0.481 e. The first-order valence-corrected chi connectivity index (χ1v) is 7.41. The van der Waals surface area contributed by atoms with E-state index in [0.717, 1.165) is 25.9 Å². The Morgan fingerprint density at radius 2 is 1.71 bits per heavy atom. The number of likely N-dealkylation sites (tertiary alicyclic amines) is 1. The lowest BCUT2D eigenvalue weighted by atomic mass is 9.82. The summed E-state index contributed by atoms with van der Waals surface area (Å²) in [7, 11) is 1.58. The van der Waals surface area contributed by atoms with E-state index >= 15 is 0 Å². The van der Waals surface area contributed by atoms with E-state index in [-0.39, 0.29) is 18.4 Å². The maximum atomic E-state index is 12.4. The van der Waals surface area contributed by atoms with Gasteiger partial charge in [0.25, 0.3) is 0 Å². The van der Waals surface area contributed by atoms with E-state index in [4.69, 9.17) is 0 Å². The van der Waals surface area contributed by atoms with Crippen molar-refractivity contribution in [1.29, 1.82) is 0 Å². The van der Waals surface area contributed by atoms with Crippen molar-refractivity contribution >= 4 is 17.8 Å². The van der Waals surface area contributed by atoms with E-state index in [0.29, 0.717) is 12.8 Å². The number of allylic oxidation sites excluding steroid dienone is 2. The van der Waals surface area contributed by atoms with Crippen LogP contribution in [-0.2, 0) is 14.4 Å². The third-order valence-corrected chi connectivity index (χ3v) is 4.27. The molecule has 0 bridgehead atoms. The minimum atomic E-state index is -0.947. The van der Waals surface area contributed by atoms with Gasteiger partial charge in [0.15, 0.2) is 0 Å². The highest BCUT2D eigenvalue weighted by atomic mass is 16.4. The Balaban J connectivity index is 1.95. The fourth-order valence-electron chi connectivity index (χ4n) is 2.99. The molecule has 6 nitrogen and oxygen atoms in total. The topological polar surface area (TPSA) is 77.9 Å². The summed E-state index contributed by atoms with van der Waals surface area (Å²) in [5.41, 5.74) is 0. The van der Waals surface area contributed by atoms with Gasteiger partial charge in [0.1, 0.15) is 0 Å². The number of likely N-dealkylation sites (N-methyl/N-ethyl adjacent to an activating group) is 1. The van der Waals surface area contributed by atoms with Crippen molar-refractivity contribution in [3.05, 3.63) is 12.2 Å². The van der Waals surface area contributed by atoms with E-state index in [1.165, 1.54) is 4.90 Å². The van der Waals surface area contributed by atoms with Crippen molar-refractivity contribution in [1.82, 2.24) is 9.80 Å². The molecular formula is C15H22N2O4. The van der Waals surface area contributed by atoms with Gasteiger partial charge >= 0.3 is 5.97 Å². The van der Waals surface area contributed by atoms with Crippen molar-refractivity contribution in [2.75, 3.05) is 26.7 Å². The molecule has 1 saturated heterocycles. The maximum absolute atomic E-state index is 12.4. The first-order chi connectivity index (χ1) is 10.0. The molecule has 2 aliphatic rings. The highest BCUT2D eigenvalue weighted by molar-refractivity contribution is 5.88. The number of carboxylic acid groups (broad SMARTS) is 1. The lowest BCUT2D eigenvalue weighted by Gasteiger charge is -2.29. The zero-order chi connectivity index (χ0) is 15.4. The van der Waals surface area contributed by atoms with Crippen LogP contribution in [0.2, 0.25) is 0 Å². The summed E-state index contributed by atoms with van der Waals surface area (Å²) in [6, 6.07) is 0. The number of nitrogens with zero attached hydrogens (tertiary/aromatic N) is 2. The van der Waals surface area contributed by atoms with Gasteiger partial charge in [-0.2, -0.15) is 0 Å². The summed E-state index contributed by atoms with van der Waals surface area (Å²) in [6.45, 7) is 1.54. The third kappa shape index (κ3) is 3.62. The molecule has 1 N–H and O–H groups in total. The van der Waals surface area contributed by atoms with Gasteiger partial charge in [0.2, 0.25) is 11.8 Å². The molecule has 0 spiro atoms. The van der Waals surface area contributed by atoms with Crippen LogP contribution in [0, 0.1) is 11.8 Å². The smallest absolute Gasteiger partial charge is 0.307 e. The zero-order valence-electron chi connectivity index (χ0n) is 12.3. The first-order valence-electron chi connectivity index (χ1n) is 7.41. The molecule has 1 heterocycles. The molecule has 0 saturated carbocycles. The predicted molar refractivity (Wildman–Crippen MR) is 76.4 cm³/mol. The maximum Gasteiger partial charge on any atom is 0.307 e. The molecule has 116 valence electrons. The van der Waals surface area contributed by atoms with Gasteiger partial charge in [0, 0.05) is 20.1 Å². The van der Waals surface area contributed by atoms with Crippen LogP contribution in [0.25, 0.3) is 0 Å². The highest BCUT2D eigenvalue weighted by Gasteiger charge is 2.36. The average Bonchev–Trinajstić information content (AvgIpc) is 3.00. The van der Waals surface area contributed by atoms with Gasteiger partial charge in [-0.25, -0.2) is 0 Å². The molecule has 21 heavy (non-hydrogen) atoms.